The number of methoxy groups -OCH3 is 1. The molecule has 0 aliphatic heterocycles. The molecule has 0 unspecified atom stereocenters. The van der Waals surface area contributed by atoms with Gasteiger partial charge in [0, 0.05) is 6.54 Å². The number of hydrogen-bond donors (Lipinski definition) is 1. The Labute approximate surface area is 132 Å². The molecule has 0 radical (unpaired) electrons. The molecule has 0 fully saturated rings. The van der Waals surface area contributed by atoms with Gasteiger partial charge in [0.25, 0.3) is 0 Å². The van der Waals surface area contributed by atoms with Gasteiger partial charge in [-0.25, -0.2) is 0 Å². The van der Waals surface area contributed by atoms with Crippen LogP contribution in [0.4, 0.5) is 0 Å². The molecule has 0 aliphatic rings. The molecule has 0 aromatic heterocycles. The predicted molar refractivity (Wildman–Crippen MR) is 90.3 cm³/mol. The van der Waals surface area contributed by atoms with Crippen molar-refractivity contribution >= 4 is 15.9 Å². The highest BCUT2D eigenvalue weighted by Crippen LogP contribution is 2.25. The fourth-order valence-corrected chi connectivity index (χ4v) is 2.80. The number of benzene rings is 1. The summed E-state index contributed by atoms with van der Waals surface area (Å²) in [5, 5.41) is 3.50. The van der Waals surface area contributed by atoms with Crippen LogP contribution in [0.25, 0.3) is 0 Å². The van der Waals surface area contributed by atoms with E-state index in [-0.39, 0.29) is 0 Å². The maximum atomic E-state index is 5.23. The average Bonchev–Trinajstić information content (AvgIpc) is 2.41. The van der Waals surface area contributed by atoms with Crippen LogP contribution in [0.5, 0.6) is 5.75 Å². The Balaban J connectivity index is 2.08. The Morgan fingerprint density at radius 3 is 2.55 bits per heavy atom. The van der Waals surface area contributed by atoms with E-state index in [9.17, 15) is 0 Å². The number of ether oxygens (including phenoxy) is 1. The first-order valence-corrected chi connectivity index (χ1v) is 8.46. The summed E-state index contributed by atoms with van der Waals surface area (Å²) in [7, 11) is 1.69. The molecule has 20 heavy (non-hydrogen) atoms. The van der Waals surface area contributed by atoms with E-state index in [1.54, 1.807) is 7.11 Å². The molecule has 1 aromatic carbocycles. The summed E-state index contributed by atoms with van der Waals surface area (Å²) in [5.41, 5.74) is 1.29. The zero-order chi connectivity index (χ0) is 14.8. The van der Waals surface area contributed by atoms with Gasteiger partial charge < -0.3 is 10.1 Å². The molecule has 0 spiro atoms. The third-order valence-electron chi connectivity index (χ3n) is 3.43. The second kappa shape index (κ2) is 10.2. The van der Waals surface area contributed by atoms with Gasteiger partial charge in [0.1, 0.15) is 5.75 Å². The molecule has 2 nitrogen and oxygen atoms in total. The minimum Gasteiger partial charge on any atom is -0.496 e. The van der Waals surface area contributed by atoms with Crippen molar-refractivity contribution in [3.05, 3.63) is 28.2 Å². The van der Waals surface area contributed by atoms with Crippen molar-refractivity contribution in [2.45, 2.75) is 52.5 Å². The minimum absolute atomic E-state index is 0.849. The van der Waals surface area contributed by atoms with Gasteiger partial charge in [-0.1, -0.05) is 45.6 Å². The Morgan fingerprint density at radius 2 is 1.90 bits per heavy atom. The molecule has 0 bridgehead atoms. The highest BCUT2D eigenvalue weighted by Gasteiger charge is 2.01. The summed E-state index contributed by atoms with van der Waals surface area (Å²) >= 11 is 3.52. The van der Waals surface area contributed by atoms with Crippen LogP contribution in [0.3, 0.4) is 0 Å². The first-order chi connectivity index (χ1) is 9.63. The maximum Gasteiger partial charge on any atom is 0.133 e. The Kier molecular flexibility index (Phi) is 8.95. The summed E-state index contributed by atoms with van der Waals surface area (Å²) in [5.74, 6) is 1.74. The zero-order valence-electron chi connectivity index (χ0n) is 13.0. The lowest BCUT2D eigenvalue weighted by Crippen LogP contribution is -2.14. The summed E-state index contributed by atoms with van der Waals surface area (Å²) in [4.78, 5) is 0. The van der Waals surface area contributed by atoms with Crippen LogP contribution in [0.1, 0.15) is 51.5 Å². The van der Waals surface area contributed by atoms with Crippen molar-refractivity contribution in [2.75, 3.05) is 13.7 Å². The van der Waals surface area contributed by atoms with Crippen molar-refractivity contribution in [1.29, 1.82) is 0 Å². The molecule has 0 saturated carbocycles. The van der Waals surface area contributed by atoms with E-state index >= 15 is 0 Å². The SMILES string of the molecule is COc1ccc(CNCCCCCCC(C)C)cc1Br. The Hall–Kier alpha value is -0.540. The van der Waals surface area contributed by atoms with Gasteiger partial charge in [-0.15, -0.1) is 0 Å². The summed E-state index contributed by atoms with van der Waals surface area (Å²) in [6.45, 7) is 6.63. The summed E-state index contributed by atoms with van der Waals surface area (Å²) in [6, 6.07) is 6.24. The van der Waals surface area contributed by atoms with Crippen LogP contribution in [-0.4, -0.2) is 13.7 Å². The molecular weight excluding hydrogens is 314 g/mol. The zero-order valence-corrected chi connectivity index (χ0v) is 14.6. The lowest BCUT2D eigenvalue weighted by molar-refractivity contribution is 0.412. The fraction of sp³-hybridized carbons (Fsp3) is 0.647. The third-order valence-corrected chi connectivity index (χ3v) is 4.05. The van der Waals surface area contributed by atoms with E-state index in [0.717, 1.165) is 29.2 Å². The van der Waals surface area contributed by atoms with Gasteiger partial charge in [0.2, 0.25) is 0 Å². The van der Waals surface area contributed by atoms with Crippen LogP contribution in [0.15, 0.2) is 22.7 Å². The minimum atomic E-state index is 0.849. The lowest BCUT2D eigenvalue weighted by atomic mass is 10.0. The van der Waals surface area contributed by atoms with Crippen molar-refractivity contribution in [3.63, 3.8) is 0 Å². The van der Waals surface area contributed by atoms with Crippen molar-refractivity contribution in [3.8, 4) is 5.75 Å². The van der Waals surface area contributed by atoms with E-state index in [2.05, 4.69) is 47.2 Å². The Morgan fingerprint density at radius 1 is 1.15 bits per heavy atom. The van der Waals surface area contributed by atoms with Crippen LogP contribution in [0.2, 0.25) is 0 Å². The van der Waals surface area contributed by atoms with Crippen LogP contribution < -0.4 is 10.1 Å². The molecule has 0 amide bonds. The van der Waals surface area contributed by atoms with E-state index in [1.807, 2.05) is 6.07 Å². The molecule has 0 atom stereocenters. The number of halogens is 1. The van der Waals surface area contributed by atoms with E-state index in [0.29, 0.717) is 0 Å². The summed E-state index contributed by atoms with van der Waals surface area (Å²) in [6.07, 6.45) is 6.73. The molecule has 0 heterocycles. The van der Waals surface area contributed by atoms with Crippen LogP contribution in [0, 0.1) is 5.92 Å². The first-order valence-electron chi connectivity index (χ1n) is 7.66. The van der Waals surface area contributed by atoms with Crippen LogP contribution >= 0.6 is 15.9 Å². The number of hydrogen-bond acceptors (Lipinski definition) is 2. The highest BCUT2D eigenvalue weighted by atomic mass is 79.9. The van der Waals surface area contributed by atoms with E-state index < -0.39 is 0 Å². The monoisotopic (exact) mass is 341 g/mol. The quantitative estimate of drug-likeness (QED) is 0.594. The predicted octanol–water partition coefficient (Wildman–Crippen LogP) is 5.15. The van der Waals surface area contributed by atoms with Gasteiger partial charge in [0.05, 0.1) is 11.6 Å². The standard InChI is InChI=1S/C17H28BrNO/c1-14(2)8-6-4-5-7-11-19-13-15-9-10-17(20-3)16(18)12-15/h9-10,12,14,19H,4-8,11,13H2,1-3H3. The van der Waals surface area contributed by atoms with E-state index in [4.69, 9.17) is 4.74 Å². The van der Waals surface area contributed by atoms with Gasteiger partial charge in [-0.3, -0.25) is 0 Å². The topological polar surface area (TPSA) is 21.3 Å². The van der Waals surface area contributed by atoms with Gasteiger partial charge in [-0.05, 0) is 52.5 Å². The number of rotatable bonds is 10. The summed E-state index contributed by atoms with van der Waals surface area (Å²) < 4.78 is 6.25. The molecule has 0 saturated heterocycles. The highest BCUT2D eigenvalue weighted by molar-refractivity contribution is 9.10. The molecule has 114 valence electrons. The normalized spacial score (nSPS) is 11.1. The maximum absolute atomic E-state index is 5.23. The average molecular weight is 342 g/mol. The van der Waals surface area contributed by atoms with Crippen LogP contribution in [-0.2, 0) is 6.54 Å². The largest absolute Gasteiger partial charge is 0.496 e. The smallest absolute Gasteiger partial charge is 0.133 e. The van der Waals surface area contributed by atoms with E-state index in [1.165, 1.54) is 37.7 Å². The molecular formula is C17H28BrNO. The number of nitrogens with one attached hydrogen (secondary N) is 1. The molecule has 3 heteroatoms. The molecule has 1 N–H and O–H groups in total. The second-order valence-electron chi connectivity index (χ2n) is 5.74. The van der Waals surface area contributed by atoms with Gasteiger partial charge in [0.15, 0.2) is 0 Å². The van der Waals surface area contributed by atoms with Gasteiger partial charge >= 0.3 is 0 Å². The van der Waals surface area contributed by atoms with Gasteiger partial charge in [-0.2, -0.15) is 0 Å². The molecule has 1 rings (SSSR count). The second-order valence-corrected chi connectivity index (χ2v) is 6.60. The first kappa shape index (κ1) is 17.5. The van der Waals surface area contributed by atoms with Crippen molar-refractivity contribution in [2.24, 2.45) is 5.92 Å². The molecule has 1 aromatic rings. The number of unbranched alkanes of at least 4 members (excludes halogenated alkanes) is 3. The van der Waals surface area contributed by atoms with Crippen molar-refractivity contribution < 1.29 is 4.74 Å². The lowest BCUT2D eigenvalue weighted by Gasteiger charge is -2.08. The third kappa shape index (κ3) is 7.30. The Bertz CT molecular complexity index is 379. The van der Waals surface area contributed by atoms with Crippen molar-refractivity contribution in [1.82, 2.24) is 5.32 Å². The fourth-order valence-electron chi connectivity index (χ4n) is 2.21. The molecule has 0 aliphatic carbocycles.